The molecule has 2 rings (SSSR count). The van der Waals surface area contributed by atoms with Crippen molar-refractivity contribution in [3.8, 4) is 0 Å². The Bertz CT molecular complexity index is 433. The molecule has 0 aromatic heterocycles. The van der Waals surface area contributed by atoms with Crippen molar-refractivity contribution in [1.29, 1.82) is 0 Å². The van der Waals surface area contributed by atoms with Crippen molar-refractivity contribution in [2.45, 2.75) is 13.0 Å². The fourth-order valence-corrected chi connectivity index (χ4v) is 2.38. The molecule has 4 nitrogen and oxygen atoms in total. The summed E-state index contributed by atoms with van der Waals surface area (Å²) >= 11 is 0. The summed E-state index contributed by atoms with van der Waals surface area (Å²) in [6, 6.07) is 8.06. The summed E-state index contributed by atoms with van der Waals surface area (Å²) in [5.74, 6) is 0.184. The first-order valence-corrected chi connectivity index (χ1v) is 6.36. The summed E-state index contributed by atoms with van der Waals surface area (Å²) in [5.41, 5.74) is 2.19. The van der Waals surface area contributed by atoms with Gasteiger partial charge in [-0.05, 0) is 38.7 Å². The van der Waals surface area contributed by atoms with E-state index in [4.69, 9.17) is 0 Å². The van der Waals surface area contributed by atoms with Crippen LogP contribution in [-0.4, -0.2) is 50.6 Å². The number of anilines is 1. The summed E-state index contributed by atoms with van der Waals surface area (Å²) in [5, 5.41) is 3.09. The van der Waals surface area contributed by atoms with Crippen molar-refractivity contribution in [2.24, 2.45) is 0 Å². The Kier molecular flexibility index (Phi) is 3.99. The predicted octanol–water partition coefficient (Wildman–Crippen LogP) is 0.861. The molecule has 1 saturated heterocycles. The number of likely N-dealkylation sites (N-methyl/N-ethyl adjacent to an activating group) is 2. The largest absolute Gasteiger partial charge is 0.318 e. The van der Waals surface area contributed by atoms with Crippen LogP contribution in [-0.2, 0) is 4.79 Å². The van der Waals surface area contributed by atoms with Crippen LogP contribution in [0.25, 0.3) is 0 Å². The van der Waals surface area contributed by atoms with Gasteiger partial charge < -0.3 is 10.2 Å². The van der Waals surface area contributed by atoms with Gasteiger partial charge in [0.15, 0.2) is 0 Å². The van der Waals surface area contributed by atoms with Crippen molar-refractivity contribution in [3.63, 3.8) is 0 Å². The predicted molar refractivity (Wildman–Crippen MR) is 73.9 cm³/mol. The maximum Gasteiger partial charge on any atom is 0.245 e. The van der Waals surface area contributed by atoms with E-state index in [-0.39, 0.29) is 11.9 Å². The van der Waals surface area contributed by atoms with Gasteiger partial charge in [0.2, 0.25) is 5.91 Å². The number of nitrogens with one attached hydrogen (secondary N) is 1. The molecule has 1 N–H and O–H groups in total. The molecule has 1 unspecified atom stereocenters. The molecular weight excluding hydrogens is 226 g/mol. The standard InChI is InChI=1S/C14H21N3O/c1-11-5-4-6-12(9-11)17-8-7-16(3)13(10-15-2)14(17)18/h4-6,9,13,15H,7-8,10H2,1-3H3. The average Bonchev–Trinajstić information content (AvgIpc) is 2.34. The lowest BCUT2D eigenvalue weighted by atomic mass is 10.1. The van der Waals surface area contributed by atoms with E-state index in [0.717, 1.165) is 18.8 Å². The van der Waals surface area contributed by atoms with Crippen LogP contribution in [0.2, 0.25) is 0 Å². The van der Waals surface area contributed by atoms with E-state index >= 15 is 0 Å². The highest BCUT2D eigenvalue weighted by Crippen LogP contribution is 2.20. The van der Waals surface area contributed by atoms with Gasteiger partial charge >= 0.3 is 0 Å². The third-order valence-electron chi connectivity index (χ3n) is 3.47. The van der Waals surface area contributed by atoms with Gasteiger partial charge in [-0.3, -0.25) is 9.69 Å². The Labute approximate surface area is 109 Å². The van der Waals surface area contributed by atoms with Crippen LogP contribution in [0.5, 0.6) is 0 Å². The normalized spacial score (nSPS) is 21.4. The van der Waals surface area contributed by atoms with E-state index in [9.17, 15) is 4.79 Å². The zero-order chi connectivity index (χ0) is 13.1. The molecule has 0 radical (unpaired) electrons. The Balaban J connectivity index is 2.21. The van der Waals surface area contributed by atoms with Crippen molar-refractivity contribution < 1.29 is 4.79 Å². The number of carbonyl (C=O) groups excluding carboxylic acids is 1. The van der Waals surface area contributed by atoms with Gasteiger partial charge in [-0.15, -0.1) is 0 Å². The summed E-state index contributed by atoms with van der Waals surface area (Å²) in [6.07, 6.45) is 0. The molecule has 98 valence electrons. The lowest BCUT2D eigenvalue weighted by Crippen LogP contribution is -2.58. The van der Waals surface area contributed by atoms with Gasteiger partial charge in [0.1, 0.15) is 6.04 Å². The van der Waals surface area contributed by atoms with Crippen molar-refractivity contribution >= 4 is 11.6 Å². The minimum Gasteiger partial charge on any atom is -0.318 e. The first kappa shape index (κ1) is 13.1. The lowest BCUT2D eigenvalue weighted by Gasteiger charge is -2.38. The second kappa shape index (κ2) is 5.50. The van der Waals surface area contributed by atoms with E-state index in [0.29, 0.717) is 6.54 Å². The number of amides is 1. The number of nitrogens with zero attached hydrogens (tertiary/aromatic N) is 2. The van der Waals surface area contributed by atoms with Crippen LogP contribution in [0.1, 0.15) is 5.56 Å². The Morgan fingerprint density at radius 2 is 2.17 bits per heavy atom. The molecule has 1 aliphatic heterocycles. The van der Waals surface area contributed by atoms with Crippen LogP contribution in [0.4, 0.5) is 5.69 Å². The number of piperazine rings is 1. The van der Waals surface area contributed by atoms with Gasteiger partial charge in [0.25, 0.3) is 0 Å². The van der Waals surface area contributed by atoms with Gasteiger partial charge in [0.05, 0.1) is 0 Å². The third kappa shape index (κ3) is 2.54. The summed E-state index contributed by atoms with van der Waals surface area (Å²) in [6.45, 7) is 4.41. The van der Waals surface area contributed by atoms with E-state index in [2.05, 4.69) is 29.3 Å². The molecule has 1 amide bonds. The summed E-state index contributed by atoms with van der Waals surface area (Å²) in [4.78, 5) is 16.5. The van der Waals surface area contributed by atoms with Gasteiger partial charge in [-0.25, -0.2) is 0 Å². The lowest BCUT2D eigenvalue weighted by molar-refractivity contribution is -0.125. The summed E-state index contributed by atoms with van der Waals surface area (Å²) < 4.78 is 0. The van der Waals surface area contributed by atoms with Crippen LogP contribution >= 0.6 is 0 Å². The highest BCUT2D eigenvalue weighted by molar-refractivity contribution is 5.98. The molecule has 18 heavy (non-hydrogen) atoms. The molecule has 1 atom stereocenters. The van der Waals surface area contributed by atoms with E-state index in [1.165, 1.54) is 5.56 Å². The number of carbonyl (C=O) groups is 1. The van der Waals surface area contributed by atoms with Crippen LogP contribution in [0.3, 0.4) is 0 Å². The van der Waals surface area contributed by atoms with Gasteiger partial charge in [0, 0.05) is 25.3 Å². The number of benzene rings is 1. The second-order valence-electron chi connectivity index (χ2n) is 4.88. The fourth-order valence-electron chi connectivity index (χ4n) is 2.38. The van der Waals surface area contributed by atoms with Gasteiger partial charge in [-0.2, -0.15) is 0 Å². The van der Waals surface area contributed by atoms with Gasteiger partial charge in [-0.1, -0.05) is 12.1 Å². The molecule has 0 saturated carbocycles. The molecule has 0 spiro atoms. The molecule has 1 fully saturated rings. The molecule has 1 heterocycles. The Hall–Kier alpha value is -1.39. The maximum atomic E-state index is 12.5. The number of aryl methyl sites for hydroxylation is 1. The molecule has 0 bridgehead atoms. The maximum absolute atomic E-state index is 12.5. The van der Waals surface area contributed by atoms with Crippen LogP contribution in [0.15, 0.2) is 24.3 Å². The fraction of sp³-hybridized carbons (Fsp3) is 0.500. The Morgan fingerprint density at radius 1 is 1.39 bits per heavy atom. The van der Waals surface area contributed by atoms with E-state index < -0.39 is 0 Å². The molecule has 0 aliphatic carbocycles. The highest BCUT2D eigenvalue weighted by atomic mass is 16.2. The number of hydrogen-bond acceptors (Lipinski definition) is 3. The van der Waals surface area contributed by atoms with Crippen molar-refractivity contribution in [1.82, 2.24) is 10.2 Å². The molecule has 1 aliphatic rings. The van der Waals surface area contributed by atoms with Crippen LogP contribution in [0, 0.1) is 6.92 Å². The number of hydrogen-bond donors (Lipinski definition) is 1. The van der Waals surface area contributed by atoms with E-state index in [1.54, 1.807) is 0 Å². The molecule has 1 aromatic rings. The minimum atomic E-state index is -0.0655. The minimum absolute atomic E-state index is 0.0655. The monoisotopic (exact) mass is 247 g/mol. The smallest absolute Gasteiger partial charge is 0.245 e. The quantitative estimate of drug-likeness (QED) is 0.860. The first-order chi connectivity index (χ1) is 8.63. The zero-order valence-electron chi connectivity index (χ0n) is 11.3. The topological polar surface area (TPSA) is 35.6 Å². The van der Waals surface area contributed by atoms with Crippen molar-refractivity contribution in [3.05, 3.63) is 29.8 Å². The van der Waals surface area contributed by atoms with E-state index in [1.807, 2.05) is 31.1 Å². The first-order valence-electron chi connectivity index (χ1n) is 6.36. The summed E-state index contributed by atoms with van der Waals surface area (Å²) in [7, 11) is 3.89. The molecule has 4 heteroatoms. The highest BCUT2D eigenvalue weighted by Gasteiger charge is 2.32. The van der Waals surface area contributed by atoms with Crippen molar-refractivity contribution in [2.75, 3.05) is 38.6 Å². The molecular formula is C14H21N3O. The second-order valence-corrected chi connectivity index (χ2v) is 4.88. The third-order valence-corrected chi connectivity index (χ3v) is 3.47. The Morgan fingerprint density at radius 3 is 2.83 bits per heavy atom. The molecule has 1 aromatic carbocycles. The SMILES string of the molecule is CNCC1C(=O)N(c2cccc(C)c2)CCN1C. The average molecular weight is 247 g/mol. The zero-order valence-corrected chi connectivity index (χ0v) is 11.3. The number of rotatable bonds is 3. The van der Waals surface area contributed by atoms with Crippen LogP contribution < -0.4 is 10.2 Å².